The van der Waals surface area contributed by atoms with E-state index in [9.17, 15) is 10.2 Å². The van der Waals surface area contributed by atoms with Gasteiger partial charge in [-0.2, -0.15) is 0 Å². The molecule has 1 saturated heterocycles. The number of aliphatic hydroxyl groups is 2. The van der Waals surface area contributed by atoms with Crippen molar-refractivity contribution in [3.63, 3.8) is 0 Å². The molecule has 0 aromatic heterocycles. The van der Waals surface area contributed by atoms with Gasteiger partial charge in [0.2, 0.25) is 0 Å². The Morgan fingerprint density at radius 3 is 2.48 bits per heavy atom. The summed E-state index contributed by atoms with van der Waals surface area (Å²) in [6.07, 6.45) is -4.69. The fraction of sp³-hybridized carbons (Fsp3) is 0.500. The molecule has 0 radical (unpaired) electrons. The Balaban J connectivity index is 2.00. The standard InChI is InChI=1S/C14H18O6S/c1-8-10(15)12(11(16)13(17-2)18-8)20-14(21)19-9-6-4-3-5-7-9/h3-8,10-13,15-16H,1-2H3/t8-,10+,11-,12+,13-/m0/s1. The van der Waals surface area contributed by atoms with E-state index in [-0.39, 0.29) is 5.24 Å². The van der Waals surface area contributed by atoms with Crippen LogP contribution < -0.4 is 4.74 Å². The van der Waals surface area contributed by atoms with Crippen molar-refractivity contribution < 1.29 is 29.2 Å². The molecule has 7 heteroatoms. The number of thiocarbonyl (C=S) groups is 1. The highest BCUT2D eigenvalue weighted by molar-refractivity contribution is 7.79. The van der Waals surface area contributed by atoms with E-state index in [2.05, 4.69) is 0 Å². The van der Waals surface area contributed by atoms with E-state index in [1.165, 1.54) is 7.11 Å². The zero-order valence-corrected chi connectivity index (χ0v) is 12.5. The summed E-state index contributed by atoms with van der Waals surface area (Å²) in [7, 11) is 1.40. The van der Waals surface area contributed by atoms with Gasteiger partial charge >= 0.3 is 5.24 Å². The fourth-order valence-corrected chi connectivity index (χ4v) is 2.26. The van der Waals surface area contributed by atoms with Crippen molar-refractivity contribution in [2.75, 3.05) is 7.11 Å². The van der Waals surface area contributed by atoms with Gasteiger partial charge in [0.15, 0.2) is 12.4 Å². The van der Waals surface area contributed by atoms with Crippen molar-refractivity contribution in [2.45, 2.75) is 37.6 Å². The monoisotopic (exact) mass is 314 g/mol. The topological polar surface area (TPSA) is 77.4 Å². The summed E-state index contributed by atoms with van der Waals surface area (Å²) >= 11 is 4.99. The molecule has 1 fully saturated rings. The van der Waals surface area contributed by atoms with Crippen molar-refractivity contribution >= 4 is 17.5 Å². The molecule has 2 N–H and O–H groups in total. The Hall–Kier alpha value is -1.25. The maximum Gasteiger partial charge on any atom is 0.358 e. The quantitative estimate of drug-likeness (QED) is 0.801. The highest BCUT2D eigenvalue weighted by Gasteiger charge is 2.45. The number of hydrogen-bond donors (Lipinski definition) is 2. The highest BCUT2D eigenvalue weighted by atomic mass is 32.1. The van der Waals surface area contributed by atoms with Crippen LogP contribution in [0.2, 0.25) is 0 Å². The van der Waals surface area contributed by atoms with Gasteiger partial charge in [-0.3, -0.25) is 0 Å². The lowest BCUT2D eigenvalue weighted by atomic mass is 10.00. The maximum atomic E-state index is 10.1. The van der Waals surface area contributed by atoms with E-state index in [1.807, 2.05) is 6.07 Å². The molecule has 1 heterocycles. The van der Waals surface area contributed by atoms with Crippen LogP contribution in [-0.4, -0.2) is 53.3 Å². The van der Waals surface area contributed by atoms with Crippen molar-refractivity contribution in [1.82, 2.24) is 0 Å². The molecule has 5 atom stereocenters. The second-order valence-corrected chi connectivity index (χ2v) is 5.01. The molecular weight excluding hydrogens is 296 g/mol. The lowest BCUT2D eigenvalue weighted by Gasteiger charge is -2.40. The first-order valence-corrected chi connectivity index (χ1v) is 6.91. The molecule has 0 aliphatic carbocycles. The van der Waals surface area contributed by atoms with Crippen LogP contribution in [0.5, 0.6) is 5.75 Å². The van der Waals surface area contributed by atoms with E-state index >= 15 is 0 Å². The number of rotatable bonds is 3. The third kappa shape index (κ3) is 3.90. The predicted octanol–water partition coefficient (Wildman–Crippen LogP) is 0.849. The molecule has 2 rings (SSSR count). The first-order chi connectivity index (χ1) is 10.0. The zero-order valence-electron chi connectivity index (χ0n) is 11.7. The SMILES string of the molecule is CO[C@H]1O[C@@H](C)[C@@H](O)[C@@H](OC(=S)Oc2ccccc2)[C@@H]1O. The summed E-state index contributed by atoms with van der Waals surface area (Å²) < 4.78 is 21.0. The number of aliphatic hydroxyl groups excluding tert-OH is 2. The molecule has 116 valence electrons. The molecule has 1 aliphatic rings. The fourth-order valence-electron chi connectivity index (χ4n) is 2.05. The third-order valence-corrected chi connectivity index (χ3v) is 3.37. The van der Waals surface area contributed by atoms with Gasteiger partial charge in [-0.05, 0) is 19.1 Å². The van der Waals surface area contributed by atoms with Gasteiger partial charge < -0.3 is 29.2 Å². The lowest BCUT2D eigenvalue weighted by Crippen LogP contribution is -2.58. The molecule has 6 nitrogen and oxygen atoms in total. The van der Waals surface area contributed by atoms with E-state index in [0.717, 1.165) is 0 Å². The van der Waals surface area contributed by atoms with Gasteiger partial charge in [0.05, 0.1) is 6.10 Å². The molecular formula is C14H18O6S. The highest BCUT2D eigenvalue weighted by Crippen LogP contribution is 2.24. The third-order valence-electron chi connectivity index (χ3n) is 3.19. The first kappa shape index (κ1) is 16.1. The average Bonchev–Trinajstić information content (AvgIpc) is 2.48. The summed E-state index contributed by atoms with van der Waals surface area (Å²) in [4.78, 5) is 0. The molecule has 21 heavy (non-hydrogen) atoms. The number of para-hydroxylation sites is 1. The Bertz CT molecular complexity index is 468. The number of methoxy groups -OCH3 is 1. The van der Waals surface area contributed by atoms with Gasteiger partial charge in [-0.25, -0.2) is 0 Å². The predicted molar refractivity (Wildman–Crippen MR) is 77.9 cm³/mol. The largest absolute Gasteiger partial charge is 0.447 e. The van der Waals surface area contributed by atoms with E-state index in [4.69, 9.17) is 31.2 Å². The molecule has 0 unspecified atom stereocenters. The van der Waals surface area contributed by atoms with E-state index < -0.39 is 30.7 Å². The van der Waals surface area contributed by atoms with Crippen LogP contribution in [0.25, 0.3) is 0 Å². The molecule has 0 bridgehead atoms. The Morgan fingerprint density at radius 2 is 1.86 bits per heavy atom. The normalized spacial score (nSPS) is 32.5. The molecule has 0 spiro atoms. The van der Waals surface area contributed by atoms with Gasteiger partial charge in [0.25, 0.3) is 0 Å². The molecule has 0 amide bonds. The molecule has 1 aromatic carbocycles. The van der Waals surface area contributed by atoms with Crippen molar-refractivity contribution in [3.05, 3.63) is 30.3 Å². The van der Waals surface area contributed by atoms with Gasteiger partial charge in [-0.1, -0.05) is 18.2 Å². The second kappa shape index (κ2) is 7.15. The van der Waals surface area contributed by atoms with E-state index in [0.29, 0.717) is 5.75 Å². The average molecular weight is 314 g/mol. The first-order valence-electron chi connectivity index (χ1n) is 6.51. The molecule has 1 aliphatic heterocycles. The Morgan fingerprint density at radius 1 is 1.19 bits per heavy atom. The van der Waals surface area contributed by atoms with Crippen LogP contribution >= 0.6 is 12.2 Å². The van der Waals surface area contributed by atoms with Crippen molar-refractivity contribution in [3.8, 4) is 5.75 Å². The Kier molecular flexibility index (Phi) is 5.49. The molecule has 0 saturated carbocycles. The minimum atomic E-state index is -1.18. The number of benzene rings is 1. The lowest BCUT2D eigenvalue weighted by molar-refractivity contribution is -0.284. The number of ether oxygens (including phenoxy) is 4. The van der Waals surface area contributed by atoms with Crippen LogP contribution in [0.4, 0.5) is 0 Å². The van der Waals surface area contributed by atoms with Crippen molar-refractivity contribution in [2.24, 2.45) is 0 Å². The van der Waals surface area contributed by atoms with Crippen LogP contribution in [0.3, 0.4) is 0 Å². The smallest absolute Gasteiger partial charge is 0.358 e. The van der Waals surface area contributed by atoms with Gasteiger partial charge in [-0.15, -0.1) is 0 Å². The summed E-state index contributed by atoms with van der Waals surface area (Å²) in [5, 5.41) is 20.0. The maximum absolute atomic E-state index is 10.1. The minimum absolute atomic E-state index is 0.187. The van der Waals surface area contributed by atoms with Crippen LogP contribution in [-0.2, 0) is 14.2 Å². The summed E-state index contributed by atoms with van der Waals surface area (Å²) in [5.74, 6) is 0.509. The second-order valence-electron chi connectivity index (χ2n) is 4.67. The minimum Gasteiger partial charge on any atom is -0.447 e. The van der Waals surface area contributed by atoms with Gasteiger partial charge in [0, 0.05) is 19.3 Å². The number of hydrogen-bond acceptors (Lipinski definition) is 7. The summed E-state index contributed by atoms with van der Waals surface area (Å²) in [5.41, 5.74) is 0. The summed E-state index contributed by atoms with van der Waals surface area (Å²) in [6.45, 7) is 1.65. The molecule has 1 aromatic rings. The van der Waals surface area contributed by atoms with E-state index in [1.54, 1.807) is 31.2 Å². The van der Waals surface area contributed by atoms with Crippen LogP contribution in [0.1, 0.15) is 6.92 Å². The zero-order chi connectivity index (χ0) is 15.4. The van der Waals surface area contributed by atoms with Crippen LogP contribution in [0.15, 0.2) is 30.3 Å². The van der Waals surface area contributed by atoms with Crippen LogP contribution in [0, 0.1) is 0 Å². The van der Waals surface area contributed by atoms with Gasteiger partial charge in [0.1, 0.15) is 18.0 Å². The Labute approximate surface area is 128 Å². The summed E-state index contributed by atoms with van der Waals surface area (Å²) in [6, 6.07) is 8.85. The van der Waals surface area contributed by atoms with Crippen molar-refractivity contribution in [1.29, 1.82) is 0 Å².